The molecule has 0 amide bonds. The normalized spacial score (nSPS) is 41.8. The Morgan fingerprint density at radius 2 is 2.11 bits per heavy atom. The van der Waals surface area contributed by atoms with E-state index in [0.29, 0.717) is 12.8 Å². The summed E-state index contributed by atoms with van der Waals surface area (Å²) in [6, 6.07) is 0. The van der Waals surface area contributed by atoms with Crippen LogP contribution in [0.5, 0.6) is 0 Å². The standard InChI is InChI=1S/C5H6Cl2O2/c6-3-1-5(7,2-3)4(8)9/h3H,1-2H2,(H,8,9). The predicted molar refractivity (Wildman–Crippen MR) is 35.1 cm³/mol. The van der Waals surface area contributed by atoms with Gasteiger partial charge < -0.3 is 5.11 Å². The van der Waals surface area contributed by atoms with E-state index in [1.165, 1.54) is 0 Å². The summed E-state index contributed by atoms with van der Waals surface area (Å²) in [5.74, 6) is -0.957. The van der Waals surface area contributed by atoms with Gasteiger partial charge >= 0.3 is 5.97 Å². The molecule has 1 saturated carbocycles. The van der Waals surface area contributed by atoms with Gasteiger partial charge in [0.2, 0.25) is 0 Å². The lowest BCUT2D eigenvalue weighted by molar-refractivity contribution is -0.142. The van der Waals surface area contributed by atoms with E-state index in [1.54, 1.807) is 0 Å². The molecule has 1 N–H and O–H groups in total. The first-order valence-electron chi connectivity index (χ1n) is 2.61. The number of carboxylic acids is 1. The topological polar surface area (TPSA) is 37.3 Å². The Kier molecular flexibility index (Phi) is 1.61. The fourth-order valence-electron chi connectivity index (χ4n) is 0.817. The number of alkyl halides is 2. The van der Waals surface area contributed by atoms with Gasteiger partial charge in [0.15, 0.2) is 0 Å². The summed E-state index contributed by atoms with van der Waals surface area (Å²) < 4.78 is 0. The summed E-state index contributed by atoms with van der Waals surface area (Å²) in [6.45, 7) is 0. The monoisotopic (exact) mass is 168 g/mol. The first kappa shape index (κ1) is 7.16. The van der Waals surface area contributed by atoms with Crippen LogP contribution in [-0.2, 0) is 4.79 Å². The molecule has 0 spiro atoms. The summed E-state index contributed by atoms with van der Waals surface area (Å²) >= 11 is 11.1. The maximum absolute atomic E-state index is 10.3. The molecule has 0 aromatic carbocycles. The third kappa shape index (κ3) is 1.14. The highest BCUT2D eigenvalue weighted by atomic mass is 35.5. The Hall–Kier alpha value is 0.0500. The summed E-state index contributed by atoms with van der Waals surface area (Å²) in [5, 5.41) is 8.38. The summed E-state index contributed by atoms with van der Waals surface area (Å²) in [7, 11) is 0. The van der Waals surface area contributed by atoms with Crippen LogP contribution in [0, 0.1) is 0 Å². The van der Waals surface area contributed by atoms with E-state index in [-0.39, 0.29) is 5.38 Å². The zero-order valence-corrected chi connectivity index (χ0v) is 6.11. The minimum absolute atomic E-state index is 0.0430. The molecule has 1 fully saturated rings. The van der Waals surface area contributed by atoms with Gasteiger partial charge in [-0.1, -0.05) is 0 Å². The fraction of sp³-hybridized carbons (Fsp3) is 0.800. The van der Waals surface area contributed by atoms with Crippen LogP contribution in [0.4, 0.5) is 0 Å². The Balaban J connectivity index is 2.50. The minimum atomic E-state index is -1.05. The lowest BCUT2D eigenvalue weighted by Crippen LogP contribution is -2.46. The molecular formula is C5H6Cl2O2. The van der Waals surface area contributed by atoms with E-state index in [4.69, 9.17) is 28.3 Å². The Morgan fingerprint density at radius 3 is 2.22 bits per heavy atom. The molecule has 0 unspecified atom stereocenters. The second-order valence-corrected chi connectivity index (χ2v) is 3.62. The van der Waals surface area contributed by atoms with Crippen LogP contribution in [0.25, 0.3) is 0 Å². The number of rotatable bonds is 1. The zero-order chi connectivity index (χ0) is 7.07. The molecule has 1 aliphatic carbocycles. The average Bonchev–Trinajstić information content (AvgIpc) is 1.62. The van der Waals surface area contributed by atoms with Crippen molar-refractivity contribution in [3.63, 3.8) is 0 Å². The van der Waals surface area contributed by atoms with Crippen molar-refractivity contribution in [2.24, 2.45) is 0 Å². The van der Waals surface area contributed by atoms with Crippen LogP contribution in [0.1, 0.15) is 12.8 Å². The Labute approximate surface area is 62.8 Å². The smallest absolute Gasteiger partial charge is 0.324 e. The van der Waals surface area contributed by atoms with Crippen molar-refractivity contribution >= 4 is 29.2 Å². The predicted octanol–water partition coefficient (Wildman–Crippen LogP) is 1.45. The summed E-state index contributed by atoms with van der Waals surface area (Å²) in [4.78, 5) is 9.21. The summed E-state index contributed by atoms with van der Waals surface area (Å²) in [6.07, 6.45) is 0.761. The highest BCUT2D eigenvalue weighted by Crippen LogP contribution is 2.41. The largest absolute Gasteiger partial charge is 0.480 e. The van der Waals surface area contributed by atoms with E-state index in [2.05, 4.69) is 0 Å². The number of carboxylic acid groups (broad SMARTS) is 1. The molecule has 0 aromatic rings. The van der Waals surface area contributed by atoms with Gasteiger partial charge in [-0.15, -0.1) is 23.2 Å². The van der Waals surface area contributed by atoms with Gasteiger partial charge in [-0.05, 0) is 12.8 Å². The molecule has 1 rings (SSSR count). The molecule has 9 heavy (non-hydrogen) atoms. The summed E-state index contributed by atoms with van der Waals surface area (Å²) in [5.41, 5.74) is 0. The van der Waals surface area contributed by atoms with Crippen molar-refractivity contribution in [2.45, 2.75) is 23.1 Å². The van der Waals surface area contributed by atoms with Crippen LogP contribution in [-0.4, -0.2) is 21.3 Å². The van der Waals surface area contributed by atoms with Gasteiger partial charge in [-0.25, -0.2) is 0 Å². The Bertz CT molecular complexity index is 140. The van der Waals surface area contributed by atoms with Gasteiger partial charge in [0.25, 0.3) is 0 Å². The molecule has 0 aromatic heterocycles. The second kappa shape index (κ2) is 2.03. The van der Waals surface area contributed by atoms with Crippen molar-refractivity contribution in [1.29, 1.82) is 0 Å². The second-order valence-electron chi connectivity index (χ2n) is 2.28. The van der Waals surface area contributed by atoms with Gasteiger partial charge in [0.05, 0.1) is 0 Å². The van der Waals surface area contributed by atoms with Crippen molar-refractivity contribution in [1.82, 2.24) is 0 Å². The number of aliphatic carboxylic acids is 1. The molecule has 0 radical (unpaired) electrons. The number of hydrogen-bond acceptors (Lipinski definition) is 1. The Morgan fingerprint density at radius 1 is 1.67 bits per heavy atom. The van der Waals surface area contributed by atoms with Crippen LogP contribution < -0.4 is 0 Å². The SMILES string of the molecule is O=C(O)C1(Cl)CC(Cl)C1. The molecule has 1 aliphatic rings. The van der Waals surface area contributed by atoms with E-state index in [0.717, 1.165) is 0 Å². The van der Waals surface area contributed by atoms with E-state index < -0.39 is 10.8 Å². The molecule has 0 aliphatic heterocycles. The molecular weight excluding hydrogens is 163 g/mol. The molecule has 2 nitrogen and oxygen atoms in total. The van der Waals surface area contributed by atoms with Crippen LogP contribution in [0.15, 0.2) is 0 Å². The first-order valence-corrected chi connectivity index (χ1v) is 3.42. The maximum Gasteiger partial charge on any atom is 0.324 e. The fourth-order valence-corrected chi connectivity index (χ4v) is 1.87. The van der Waals surface area contributed by atoms with Crippen molar-refractivity contribution < 1.29 is 9.90 Å². The highest BCUT2D eigenvalue weighted by molar-refractivity contribution is 6.37. The quantitative estimate of drug-likeness (QED) is 0.603. The van der Waals surface area contributed by atoms with Crippen molar-refractivity contribution in [3.8, 4) is 0 Å². The number of carbonyl (C=O) groups is 1. The molecule has 0 heterocycles. The first-order chi connectivity index (χ1) is 4.04. The molecule has 52 valence electrons. The molecule has 0 bridgehead atoms. The van der Waals surface area contributed by atoms with Gasteiger partial charge in [-0.3, -0.25) is 4.79 Å². The van der Waals surface area contributed by atoms with Crippen LogP contribution in [0.3, 0.4) is 0 Å². The lowest BCUT2D eigenvalue weighted by atomic mass is 9.84. The van der Waals surface area contributed by atoms with Crippen LogP contribution in [0.2, 0.25) is 0 Å². The highest BCUT2D eigenvalue weighted by Gasteiger charge is 2.48. The third-order valence-corrected chi connectivity index (χ3v) is 2.25. The van der Waals surface area contributed by atoms with Gasteiger partial charge in [-0.2, -0.15) is 0 Å². The maximum atomic E-state index is 10.3. The minimum Gasteiger partial charge on any atom is -0.480 e. The molecule has 0 atom stereocenters. The van der Waals surface area contributed by atoms with Crippen LogP contribution >= 0.6 is 23.2 Å². The van der Waals surface area contributed by atoms with Crippen molar-refractivity contribution in [2.75, 3.05) is 0 Å². The number of halogens is 2. The molecule has 4 heteroatoms. The van der Waals surface area contributed by atoms with Gasteiger partial charge in [0, 0.05) is 5.38 Å². The van der Waals surface area contributed by atoms with E-state index in [9.17, 15) is 4.79 Å². The third-order valence-electron chi connectivity index (χ3n) is 1.47. The van der Waals surface area contributed by atoms with Crippen molar-refractivity contribution in [3.05, 3.63) is 0 Å². The number of hydrogen-bond donors (Lipinski definition) is 1. The van der Waals surface area contributed by atoms with E-state index in [1.807, 2.05) is 0 Å². The molecule has 0 saturated heterocycles. The average molecular weight is 169 g/mol. The van der Waals surface area contributed by atoms with Gasteiger partial charge in [0.1, 0.15) is 4.87 Å². The lowest BCUT2D eigenvalue weighted by Gasteiger charge is -2.35. The zero-order valence-electron chi connectivity index (χ0n) is 4.60. The van der Waals surface area contributed by atoms with E-state index >= 15 is 0 Å².